The smallest absolute Gasteiger partial charge is 0.262 e. The molecule has 3 heterocycles. The van der Waals surface area contributed by atoms with Gasteiger partial charge < -0.3 is 4.90 Å². The van der Waals surface area contributed by atoms with Crippen molar-refractivity contribution in [2.24, 2.45) is 13.0 Å². The molecule has 0 saturated carbocycles. The monoisotopic (exact) mass is 386 g/mol. The molecular formula is C19H26N6OS. The molecule has 2 aromatic heterocycles. The van der Waals surface area contributed by atoms with Gasteiger partial charge in [0.15, 0.2) is 0 Å². The summed E-state index contributed by atoms with van der Waals surface area (Å²) in [4.78, 5) is 17.5. The Morgan fingerprint density at radius 1 is 1.11 bits per heavy atom. The van der Waals surface area contributed by atoms with Crippen LogP contribution in [0.2, 0.25) is 0 Å². The van der Waals surface area contributed by atoms with Crippen molar-refractivity contribution >= 4 is 28.9 Å². The number of rotatable bonds is 4. The molecule has 1 fully saturated rings. The van der Waals surface area contributed by atoms with Crippen molar-refractivity contribution in [2.75, 3.05) is 32.7 Å². The second-order valence-electron chi connectivity index (χ2n) is 7.75. The van der Waals surface area contributed by atoms with Gasteiger partial charge in [0.2, 0.25) is 10.5 Å². The number of nitrogens with zero attached hydrogens (tertiary/aromatic N) is 6. The van der Waals surface area contributed by atoms with Crippen LogP contribution in [0.25, 0.3) is 16.7 Å². The average Bonchev–Trinajstić information content (AvgIpc) is 2.98. The first-order valence-corrected chi connectivity index (χ1v) is 9.88. The summed E-state index contributed by atoms with van der Waals surface area (Å²) in [5, 5.41) is 5.33. The molecule has 0 unspecified atom stereocenters. The Morgan fingerprint density at radius 3 is 2.48 bits per heavy atom. The third-order valence-corrected chi connectivity index (χ3v) is 5.62. The highest BCUT2D eigenvalue weighted by Crippen LogP contribution is 2.14. The van der Waals surface area contributed by atoms with Gasteiger partial charge in [-0.1, -0.05) is 26.0 Å². The Balaban J connectivity index is 1.66. The SMILES string of the molecule is CC(C)CN1CCN(Cn2nc3n(C)c(=O)c4ccccc4n3c2=S)CC1. The van der Waals surface area contributed by atoms with E-state index in [1.54, 1.807) is 11.6 Å². The highest BCUT2D eigenvalue weighted by molar-refractivity contribution is 7.71. The van der Waals surface area contributed by atoms with Crippen molar-refractivity contribution in [1.82, 2.24) is 28.5 Å². The molecule has 3 aromatic rings. The maximum Gasteiger partial charge on any atom is 0.262 e. The van der Waals surface area contributed by atoms with Crippen LogP contribution in [-0.4, -0.2) is 61.3 Å². The summed E-state index contributed by atoms with van der Waals surface area (Å²) in [5.74, 6) is 1.28. The molecule has 0 aliphatic carbocycles. The standard InChI is InChI=1S/C19H26N6OS/c1-14(2)12-22-8-10-23(11-9-22)13-24-19(27)25-16-7-5-4-6-15(16)17(26)21(3)18(25)20-24/h4-7,14H,8-13H2,1-3H3. The van der Waals surface area contributed by atoms with Crippen molar-refractivity contribution < 1.29 is 0 Å². The third-order valence-electron chi connectivity index (χ3n) is 5.22. The van der Waals surface area contributed by atoms with Crippen LogP contribution in [0.3, 0.4) is 0 Å². The van der Waals surface area contributed by atoms with E-state index in [-0.39, 0.29) is 5.56 Å². The summed E-state index contributed by atoms with van der Waals surface area (Å²) in [6.07, 6.45) is 0. The zero-order valence-electron chi connectivity index (χ0n) is 16.1. The molecule has 144 valence electrons. The topological polar surface area (TPSA) is 50.7 Å². The number of hydrogen-bond donors (Lipinski definition) is 0. The van der Waals surface area contributed by atoms with Gasteiger partial charge in [-0.15, -0.1) is 5.10 Å². The van der Waals surface area contributed by atoms with E-state index in [9.17, 15) is 4.79 Å². The predicted molar refractivity (Wildman–Crippen MR) is 110 cm³/mol. The Hall–Kier alpha value is -2.03. The highest BCUT2D eigenvalue weighted by atomic mass is 32.1. The maximum absolute atomic E-state index is 12.6. The summed E-state index contributed by atoms with van der Waals surface area (Å²) in [7, 11) is 1.75. The summed E-state index contributed by atoms with van der Waals surface area (Å²) in [6, 6.07) is 7.56. The fourth-order valence-corrected chi connectivity index (χ4v) is 4.14. The van der Waals surface area contributed by atoms with E-state index >= 15 is 0 Å². The number of aryl methyl sites for hydroxylation is 1. The van der Waals surface area contributed by atoms with Crippen LogP contribution < -0.4 is 5.56 Å². The first kappa shape index (κ1) is 18.3. The first-order chi connectivity index (χ1) is 13.0. The molecule has 4 rings (SSSR count). The van der Waals surface area contributed by atoms with Crippen LogP contribution in [-0.2, 0) is 13.7 Å². The lowest BCUT2D eigenvalue weighted by atomic mass is 10.2. The van der Waals surface area contributed by atoms with Crippen molar-refractivity contribution in [3.05, 3.63) is 39.4 Å². The molecule has 0 spiro atoms. The Kier molecular flexibility index (Phi) is 4.88. The van der Waals surface area contributed by atoms with E-state index in [0.717, 1.165) is 38.2 Å². The van der Waals surface area contributed by atoms with Gasteiger partial charge in [0.05, 0.1) is 17.6 Å². The van der Waals surface area contributed by atoms with Crippen LogP contribution in [0.5, 0.6) is 0 Å². The highest BCUT2D eigenvalue weighted by Gasteiger charge is 2.19. The molecule has 7 nitrogen and oxygen atoms in total. The lowest BCUT2D eigenvalue weighted by Gasteiger charge is -2.35. The zero-order valence-corrected chi connectivity index (χ0v) is 16.9. The quantitative estimate of drug-likeness (QED) is 0.642. The minimum Gasteiger partial charge on any atom is -0.301 e. The van der Waals surface area contributed by atoms with Gasteiger partial charge in [0.25, 0.3) is 5.56 Å². The summed E-state index contributed by atoms with van der Waals surface area (Å²) < 4.78 is 5.95. The molecule has 27 heavy (non-hydrogen) atoms. The molecule has 0 atom stereocenters. The van der Waals surface area contributed by atoms with E-state index in [1.165, 1.54) is 0 Å². The molecular weight excluding hydrogens is 360 g/mol. The summed E-state index contributed by atoms with van der Waals surface area (Å²) in [6.45, 7) is 10.5. The molecule has 0 radical (unpaired) electrons. The van der Waals surface area contributed by atoms with E-state index in [0.29, 0.717) is 28.5 Å². The van der Waals surface area contributed by atoms with E-state index in [1.807, 2.05) is 33.3 Å². The second-order valence-corrected chi connectivity index (χ2v) is 8.12. The molecule has 1 aliphatic heterocycles. The molecule has 8 heteroatoms. The number of piperazine rings is 1. The molecule has 0 bridgehead atoms. The number of fused-ring (bicyclic) bond motifs is 3. The number of para-hydroxylation sites is 1. The fourth-order valence-electron chi connectivity index (χ4n) is 3.86. The van der Waals surface area contributed by atoms with E-state index < -0.39 is 0 Å². The van der Waals surface area contributed by atoms with Crippen LogP contribution in [0.4, 0.5) is 0 Å². The number of benzene rings is 1. The number of aromatic nitrogens is 4. The minimum absolute atomic E-state index is 0.0486. The Bertz CT molecular complexity index is 1090. The van der Waals surface area contributed by atoms with Gasteiger partial charge in [-0.25, -0.2) is 4.68 Å². The predicted octanol–water partition coefficient (Wildman–Crippen LogP) is 1.95. The normalized spacial score (nSPS) is 16.7. The van der Waals surface area contributed by atoms with Gasteiger partial charge in [0.1, 0.15) is 0 Å². The number of hydrogen-bond acceptors (Lipinski definition) is 5. The van der Waals surface area contributed by atoms with Crippen LogP contribution in [0.15, 0.2) is 29.1 Å². The molecule has 0 amide bonds. The molecule has 1 aromatic carbocycles. The van der Waals surface area contributed by atoms with Gasteiger partial charge in [-0.3, -0.25) is 18.7 Å². The van der Waals surface area contributed by atoms with Crippen LogP contribution in [0, 0.1) is 10.7 Å². The van der Waals surface area contributed by atoms with Gasteiger partial charge in [-0.05, 0) is 30.3 Å². The molecule has 1 saturated heterocycles. The molecule has 0 N–H and O–H groups in total. The zero-order chi connectivity index (χ0) is 19.1. The first-order valence-electron chi connectivity index (χ1n) is 9.47. The van der Waals surface area contributed by atoms with Crippen LogP contribution in [0.1, 0.15) is 13.8 Å². The van der Waals surface area contributed by atoms with Gasteiger partial charge in [-0.2, -0.15) is 0 Å². The van der Waals surface area contributed by atoms with Gasteiger partial charge >= 0.3 is 0 Å². The Labute approximate surface area is 163 Å². The Morgan fingerprint density at radius 2 is 1.78 bits per heavy atom. The minimum atomic E-state index is -0.0486. The van der Waals surface area contributed by atoms with Crippen molar-refractivity contribution in [1.29, 1.82) is 0 Å². The summed E-state index contributed by atoms with van der Waals surface area (Å²) in [5.41, 5.74) is 0.765. The molecule has 1 aliphatic rings. The van der Waals surface area contributed by atoms with Crippen LogP contribution >= 0.6 is 12.2 Å². The summed E-state index contributed by atoms with van der Waals surface area (Å²) >= 11 is 5.72. The lowest BCUT2D eigenvalue weighted by molar-refractivity contribution is 0.0952. The average molecular weight is 387 g/mol. The van der Waals surface area contributed by atoms with E-state index in [2.05, 4.69) is 28.7 Å². The second kappa shape index (κ2) is 7.18. The largest absolute Gasteiger partial charge is 0.301 e. The maximum atomic E-state index is 12.6. The van der Waals surface area contributed by atoms with Crippen molar-refractivity contribution in [3.63, 3.8) is 0 Å². The lowest BCUT2D eigenvalue weighted by Crippen LogP contribution is -2.47. The van der Waals surface area contributed by atoms with E-state index in [4.69, 9.17) is 12.2 Å². The third kappa shape index (κ3) is 3.33. The van der Waals surface area contributed by atoms with Crippen molar-refractivity contribution in [3.8, 4) is 0 Å². The van der Waals surface area contributed by atoms with Crippen molar-refractivity contribution in [2.45, 2.75) is 20.5 Å². The van der Waals surface area contributed by atoms with Gasteiger partial charge in [0, 0.05) is 39.8 Å². The fraction of sp³-hybridized carbons (Fsp3) is 0.526.